The maximum atomic E-state index is 12.6. The number of fused-ring (bicyclic) bond motifs is 1. The molecule has 0 saturated heterocycles. The Balaban J connectivity index is 1.62. The van der Waals surface area contributed by atoms with Gasteiger partial charge in [-0.2, -0.15) is 13.2 Å². The minimum atomic E-state index is -4.40. The molecule has 1 heterocycles. The number of alkyl halides is 3. The van der Waals surface area contributed by atoms with Crippen LogP contribution in [0.4, 0.5) is 18.9 Å². The van der Waals surface area contributed by atoms with Crippen LogP contribution < -0.4 is 5.32 Å². The van der Waals surface area contributed by atoms with Crippen molar-refractivity contribution in [1.82, 2.24) is 9.88 Å². The first-order valence-electron chi connectivity index (χ1n) is 8.27. The molecular formula is C19H18F3N3OS. The van der Waals surface area contributed by atoms with Gasteiger partial charge in [-0.25, -0.2) is 4.98 Å². The Morgan fingerprint density at radius 1 is 1.19 bits per heavy atom. The van der Waals surface area contributed by atoms with Crippen LogP contribution in [0, 0.1) is 0 Å². The molecule has 2 aromatic carbocycles. The lowest BCUT2D eigenvalue weighted by Crippen LogP contribution is -2.39. The largest absolute Gasteiger partial charge is 0.416 e. The molecule has 0 fully saturated rings. The highest BCUT2D eigenvalue weighted by Crippen LogP contribution is 2.30. The van der Waals surface area contributed by atoms with Gasteiger partial charge in [-0.3, -0.25) is 9.69 Å². The Morgan fingerprint density at radius 2 is 1.85 bits per heavy atom. The summed E-state index contributed by atoms with van der Waals surface area (Å²) in [6, 6.07) is 11.7. The number of benzene rings is 2. The maximum Gasteiger partial charge on any atom is 0.416 e. The van der Waals surface area contributed by atoms with Gasteiger partial charge in [-0.1, -0.05) is 12.1 Å². The molecule has 0 radical (unpaired) electrons. The minimum absolute atomic E-state index is 0.293. The number of para-hydroxylation sites is 1. The summed E-state index contributed by atoms with van der Waals surface area (Å²) >= 11 is 1.57. The van der Waals surface area contributed by atoms with Crippen molar-refractivity contribution in [3.8, 4) is 0 Å². The number of hydrogen-bond donors (Lipinski definition) is 1. The Hall–Kier alpha value is -2.45. The van der Waals surface area contributed by atoms with Gasteiger partial charge in [0.1, 0.15) is 5.01 Å². The number of aromatic nitrogens is 1. The number of carbonyl (C=O) groups excluding carboxylic acids is 1. The second-order valence-electron chi connectivity index (χ2n) is 6.23. The minimum Gasteiger partial charge on any atom is -0.325 e. The van der Waals surface area contributed by atoms with Crippen LogP contribution in [0.5, 0.6) is 0 Å². The van der Waals surface area contributed by atoms with Gasteiger partial charge in [-0.15, -0.1) is 11.3 Å². The van der Waals surface area contributed by atoms with Gasteiger partial charge in [0.2, 0.25) is 5.91 Å². The Labute approximate surface area is 158 Å². The summed E-state index contributed by atoms with van der Waals surface area (Å²) in [4.78, 5) is 18.8. The molecule has 0 aliphatic carbocycles. The number of carbonyl (C=O) groups is 1. The molecule has 3 aromatic rings. The molecule has 1 aromatic heterocycles. The summed E-state index contributed by atoms with van der Waals surface area (Å²) in [6.45, 7) is 2.24. The molecule has 1 amide bonds. The second-order valence-corrected chi connectivity index (χ2v) is 7.35. The molecule has 0 aliphatic rings. The van der Waals surface area contributed by atoms with Crippen LogP contribution in [0.15, 0.2) is 48.5 Å². The average Bonchev–Trinajstić information content (AvgIpc) is 3.02. The van der Waals surface area contributed by atoms with Crippen LogP contribution in [0.1, 0.15) is 17.5 Å². The predicted molar refractivity (Wildman–Crippen MR) is 101 cm³/mol. The van der Waals surface area contributed by atoms with Crippen molar-refractivity contribution in [2.24, 2.45) is 0 Å². The predicted octanol–water partition coefficient (Wildman–Crippen LogP) is 4.77. The number of amides is 1. The van der Waals surface area contributed by atoms with Crippen molar-refractivity contribution in [3.63, 3.8) is 0 Å². The molecule has 0 aliphatic heterocycles. The zero-order chi connectivity index (χ0) is 19.6. The van der Waals surface area contributed by atoms with Crippen molar-refractivity contribution in [1.29, 1.82) is 0 Å². The molecule has 1 atom stereocenters. The van der Waals surface area contributed by atoms with Crippen LogP contribution in [0.25, 0.3) is 10.2 Å². The Bertz CT molecular complexity index is 904. The van der Waals surface area contributed by atoms with E-state index in [1.807, 2.05) is 36.2 Å². The average molecular weight is 393 g/mol. The normalized spacial score (nSPS) is 13.1. The number of nitrogens with zero attached hydrogens (tertiary/aromatic N) is 2. The van der Waals surface area contributed by atoms with E-state index in [0.717, 1.165) is 27.4 Å². The summed E-state index contributed by atoms with van der Waals surface area (Å²) in [6.07, 6.45) is -4.40. The SMILES string of the molecule is C[C@@H](C(=O)Nc1ccc(C(F)(F)F)cc1)N(C)Cc1nc2ccccc2s1. The maximum absolute atomic E-state index is 12.6. The molecule has 0 spiro atoms. The van der Waals surface area contributed by atoms with Gasteiger partial charge >= 0.3 is 6.18 Å². The fraction of sp³-hybridized carbons (Fsp3) is 0.263. The van der Waals surface area contributed by atoms with E-state index < -0.39 is 17.8 Å². The van der Waals surface area contributed by atoms with Crippen molar-refractivity contribution in [3.05, 3.63) is 59.1 Å². The fourth-order valence-corrected chi connectivity index (χ4v) is 3.56. The molecule has 27 heavy (non-hydrogen) atoms. The van der Waals surface area contributed by atoms with E-state index in [0.29, 0.717) is 12.2 Å². The number of likely N-dealkylation sites (N-methyl/N-ethyl adjacent to an activating group) is 1. The molecule has 3 rings (SSSR count). The summed E-state index contributed by atoms with van der Waals surface area (Å²) in [5.74, 6) is -0.293. The third kappa shape index (κ3) is 4.64. The molecule has 8 heteroatoms. The molecule has 0 unspecified atom stereocenters. The van der Waals surface area contributed by atoms with Crippen molar-refractivity contribution in [2.45, 2.75) is 25.7 Å². The zero-order valence-electron chi connectivity index (χ0n) is 14.7. The van der Waals surface area contributed by atoms with E-state index >= 15 is 0 Å². The lowest BCUT2D eigenvalue weighted by atomic mass is 10.2. The molecule has 0 saturated carbocycles. The highest BCUT2D eigenvalue weighted by atomic mass is 32.1. The van der Waals surface area contributed by atoms with Gasteiger partial charge in [-0.05, 0) is 50.4 Å². The topological polar surface area (TPSA) is 45.2 Å². The smallest absolute Gasteiger partial charge is 0.325 e. The first-order chi connectivity index (χ1) is 12.7. The first kappa shape index (κ1) is 19.3. The quantitative estimate of drug-likeness (QED) is 0.679. The highest BCUT2D eigenvalue weighted by molar-refractivity contribution is 7.18. The van der Waals surface area contributed by atoms with Crippen LogP contribution in [0.2, 0.25) is 0 Å². The Kier molecular flexibility index (Phi) is 5.48. The summed E-state index contributed by atoms with van der Waals surface area (Å²) < 4.78 is 38.9. The number of nitrogens with one attached hydrogen (secondary N) is 1. The standard InChI is InChI=1S/C19H18F3N3OS/c1-12(18(26)23-14-9-7-13(8-10-14)19(20,21)22)25(2)11-17-24-15-5-3-4-6-16(15)27-17/h3-10,12H,11H2,1-2H3,(H,23,26)/t12-/m0/s1. The molecule has 1 N–H and O–H groups in total. The van der Waals surface area contributed by atoms with Gasteiger partial charge < -0.3 is 5.32 Å². The van der Waals surface area contributed by atoms with Crippen LogP contribution in [-0.2, 0) is 17.5 Å². The fourth-order valence-electron chi connectivity index (χ4n) is 2.53. The number of thiazole rings is 1. The highest BCUT2D eigenvalue weighted by Gasteiger charge is 2.30. The molecular weight excluding hydrogens is 375 g/mol. The van der Waals surface area contributed by atoms with Crippen LogP contribution in [0.3, 0.4) is 0 Å². The lowest BCUT2D eigenvalue weighted by Gasteiger charge is -2.23. The summed E-state index contributed by atoms with van der Waals surface area (Å²) in [7, 11) is 1.81. The van der Waals surface area contributed by atoms with Gasteiger partial charge in [0.05, 0.1) is 28.4 Å². The van der Waals surface area contributed by atoms with E-state index in [4.69, 9.17) is 0 Å². The lowest BCUT2D eigenvalue weighted by molar-refractivity contribution is -0.137. The van der Waals surface area contributed by atoms with Crippen molar-refractivity contribution >= 4 is 33.1 Å². The number of anilines is 1. The van der Waals surface area contributed by atoms with Gasteiger partial charge in [0.15, 0.2) is 0 Å². The molecule has 0 bridgehead atoms. The van der Waals surface area contributed by atoms with E-state index in [9.17, 15) is 18.0 Å². The van der Waals surface area contributed by atoms with E-state index in [1.165, 1.54) is 12.1 Å². The first-order valence-corrected chi connectivity index (χ1v) is 9.08. The number of rotatable bonds is 5. The van der Waals surface area contributed by atoms with E-state index in [1.54, 1.807) is 18.3 Å². The zero-order valence-corrected chi connectivity index (χ0v) is 15.6. The van der Waals surface area contributed by atoms with Gasteiger partial charge in [0.25, 0.3) is 0 Å². The molecule has 4 nitrogen and oxygen atoms in total. The molecule has 142 valence electrons. The van der Waals surface area contributed by atoms with Crippen molar-refractivity contribution in [2.75, 3.05) is 12.4 Å². The van der Waals surface area contributed by atoms with Crippen LogP contribution >= 0.6 is 11.3 Å². The number of halogens is 3. The number of hydrogen-bond acceptors (Lipinski definition) is 4. The summed E-state index contributed by atoms with van der Waals surface area (Å²) in [5, 5.41) is 3.54. The third-order valence-electron chi connectivity index (χ3n) is 4.24. The Morgan fingerprint density at radius 3 is 2.48 bits per heavy atom. The monoisotopic (exact) mass is 393 g/mol. The van der Waals surface area contributed by atoms with Crippen LogP contribution in [-0.4, -0.2) is 28.9 Å². The van der Waals surface area contributed by atoms with Gasteiger partial charge in [0, 0.05) is 5.69 Å². The second kappa shape index (κ2) is 7.66. The third-order valence-corrected chi connectivity index (χ3v) is 5.26. The van der Waals surface area contributed by atoms with Crippen molar-refractivity contribution < 1.29 is 18.0 Å². The van der Waals surface area contributed by atoms with E-state index in [-0.39, 0.29) is 5.91 Å². The summed E-state index contributed by atoms with van der Waals surface area (Å²) in [5.41, 5.74) is 0.502. The van der Waals surface area contributed by atoms with E-state index in [2.05, 4.69) is 10.3 Å².